The molecule has 0 aliphatic heterocycles. The number of hydrogen-bond donors (Lipinski definition) is 1. The normalized spacial score (nSPS) is 11.9. The number of hydrogen-bond acceptors (Lipinski definition) is 6. The first-order valence-corrected chi connectivity index (χ1v) is 10.0. The quantitative estimate of drug-likeness (QED) is 0.344. The van der Waals surface area contributed by atoms with Crippen LogP contribution < -0.4 is 10.1 Å². The Morgan fingerprint density at radius 2 is 2.12 bits per heavy atom. The van der Waals surface area contributed by atoms with Crippen LogP contribution in [-0.2, 0) is 4.79 Å². The van der Waals surface area contributed by atoms with Crippen LogP contribution in [0.5, 0.6) is 5.75 Å². The molecule has 0 bridgehead atoms. The Kier molecular flexibility index (Phi) is 6.25. The maximum Gasteiger partial charge on any atom is 0.267 e. The number of fused-ring (bicyclic) bond motifs is 1. The van der Waals surface area contributed by atoms with Crippen LogP contribution in [0.15, 0.2) is 59.5 Å². The van der Waals surface area contributed by atoms with Crippen LogP contribution in [0.25, 0.3) is 10.8 Å². The zero-order valence-corrected chi connectivity index (χ0v) is 16.0. The van der Waals surface area contributed by atoms with Gasteiger partial charge >= 0.3 is 0 Å². The van der Waals surface area contributed by atoms with Gasteiger partial charge in [-0.25, -0.2) is 0 Å². The molecule has 1 amide bonds. The van der Waals surface area contributed by atoms with Crippen molar-refractivity contribution in [1.29, 1.82) is 0 Å². The third kappa shape index (κ3) is 4.42. The summed E-state index contributed by atoms with van der Waals surface area (Å²) in [6, 6.07) is 13.8. The van der Waals surface area contributed by atoms with Crippen LogP contribution in [0, 0.1) is 0 Å². The average Bonchev–Trinajstić information content (AvgIpc) is 3.11. The van der Waals surface area contributed by atoms with Crippen molar-refractivity contribution in [2.75, 3.05) is 11.1 Å². The lowest BCUT2D eigenvalue weighted by atomic mass is 10.1. The molecule has 0 radical (unpaired) electrons. The van der Waals surface area contributed by atoms with Gasteiger partial charge in [-0.1, -0.05) is 72.5 Å². The van der Waals surface area contributed by atoms with E-state index in [1.807, 2.05) is 49.4 Å². The third-order valence-corrected chi connectivity index (χ3v) is 5.61. The first-order chi connectivity index (χ1) is 12.7. The van der Waals surface area contributed by atoms with Gasteiger partial charge in [0.2, 0.25) is 5.13 Å². The predicted molar refractivity (Wildman–Crippen MR) is 108 cm³/mol. The molecule has 0 saturated heterocycles. The minimum atomic E-state index is -0.603. The predicted octanol–water partition coefficient (Wildman–Crippen LogP) is 4.77. The Bertz CT molecular complexity index is 905. The van der Waals surface area contributed by atoms with Gasteiger partial charge in [0.1, 0.15) is 5.75 Å². The fourth-order valence-corrected chi connectivity index (χ4v) is 3.92. The molecule has 3 rings (SSSR count). The maximum absolute atomic E-state index is 12.6. The van der Waals surface area contributed by atoms with E-state index in [9.17, 15) is 4.79 Å². The summed E-state index contributed by atoms with van der Waals surface area (Å²) in [5.74, 6) is 1.23. The number of thioether (sulfide) groups is 1. The van der Waals surface area contributed by atoms with E-state index in [4.69, 9.17) is 4.74 Å². The fraction of sp³-hybridized carbons (Fsp3) is 0.211. The summed E-state index contributed by atoms with van der Waals surface area (Å²) in [4.78, 5) is 12.6. The summed E-state index contributed by atoms with van der Waals surface area (Å²) in [5.41, 5.74) is 0. The molecule has 134 valence electrons. The Labute approximate surface area is 160 Å². The average molecular weight is 386 g/mol. The van der Waals surface area contributed by atoms with Gasteiger partial charge in [0, 0.05) is 11.1 Å². The van der Waals surface area contributed by atoms with Crippen molar-refractivity contribution >= 4 is 44.9 Å². The summed E-state index contributed by atoms with van der Waals surface area (Å²) >= 11 is 2.87. The standard InChI is InChI=1S/C19H19N3O2S2/c1-3-12-25-19-22-21-18(26-19)20-17(23)15(4-2)24-16-11-7-9-13-8-5-6-10-14(13)16/h3,5-11,15H,1,4,12H2,2H3,(H,20,21,23)/t15-/m1/s1. The summed E-state index contributed by atoms with van der Waals surface area (Å²) in [6.07, 6.45) is 1.75. The number of carbonyl (C=O) groups is 1. The first kappa shape index (κ1) is 18.4. The van der Waals surface area contributed by atoms with Crippen LogP contribution in [0.2, 0.25) is 0 Å². The second kappa shape index (κ2) is 8.82. The molecule has 1 N–H and O–H groups in total. The first-order valence-electron chi connectivity index (χ1n) is 8.23. The second-order valence-corrected chi connectivity index (χ2v) is 7.70. The highest BCUT2D eigenvalue weighted by Crippen LogP contribution is 2.28. The second-order valence-electron chi connectivity index (χ2n) is 5.45. The lowest BCUT2D eigenvalue weighted by Gasteiger charge is -2.17. The molecule has 3 aromatic rings. The minimum absolute atomic E-state index is 0.225. The third-order valence-electron chi connectivity index (χ3n) is 3.64. The number of anilines is 1. The molecular formula is C19H19N3O2S2. The van der Waals surface area contributed by atoms with Gasteiger partial charge in [-0.05, 0) is 17.9 Å². The van der Waals surface area contributed by atoms with Gasteiger partial charge < -0.3 is 4.74 Å². The zero-order chi connectivity index (χ0) is 18.4. The highest BCUT2D eigenvalue weighted by molar-refractivity contribution is 8.01. The molecule has 0 saturated carbocycles. The van der Waals surface area contributed by atoms with Crippen LogP contribution in [0.1, 0.15) is 13.3 Å². The lowest BCUT2D eigenvalue weighted by molar-refractivity contribution is -0.122. The van der Waals surface area contributed by atoms with Gasteiger partial charge in [0.25, 0.3) is 5.91 Å². The molecule has 1 aromatic heterocycles. The van der Waals surface area contributed by atoms with Gasteiger partial charge in [0.15, 0.2) is 10.4 Å². The van der Waals surface area contributed by atoms with E-state index >= 15 is 0 Å². The molecule has 0 aliphatic rings. The Balaban J connectivity index is 1.70. The van der Waals surface area contributed by atoms with Crippen molar-refractivity contribution in [1.82, 2.24) is 10.2 Å². The van der Waals surface area contributed by atoms with Crippen molar-refractivity contribution in [2.45, 2.75) is 23.8 Å². The number of rotatable bonds is 8. The van der Waals surface area contributed by atoms with Crippen molar-refractivity contribution < 1.29 is 9.53 Å². The smallest absolute Gasteiger partial charge is 0.267 e. The molecular weight excluding hydrogens is 366 g/mol. The molecule has 1 heterocycles. The molecule has 0 fully saturated rings. The zero-order valence-electron chi connectivity index (χ0n) is 14.3. The number of nitrogens with zero attached hydrogens (tertiary/aromatic N) is 2. The highest BCUT2D eigenvalue weighted by Gasteiger charge is 2.21. The maximum atomic E-state index is 12.6. The van der Waals surface area contributed by atoms with Crippen molar-refractivity contribution in [3.8, 4) is 5.75 Å². The topological polar surface area (TPSA) is 64.1 Å². The monoisotopic (exact) mass is 385 g/mol. The molecule has 26 heavy (non-hydrogen) atoms. The molecule has 0 spiro atoms. The number of carbonyl (C=O) groups excluding carboxylic acids is 1. The van der Waals surface area contributed by atoms with E-state index in [-0.39, 0.29) is 5.91 Å². The van der Waals surface area contributed by atoms with Gasteiger partial charge in [-0.15, -0.1) is 16.8 Å². The fourth-order valence-electron chi connectivity index (χ4n) is 2.41. The van der Waals surface area contributed by atoms with E-state index in [2.05, 4.69) is 22.1 Å². The van der Waals surface area contributed by atoms with Gasteiger partial charge in [0.05, 0.1) is 0 Å². The lowest BCUT2D eigenvalue weighted by Crippen LogP contribution is -2.32. The van der Waals surface area contributed by atoms with Crippen LogP contribution in [0.3, 0.4) is 0 Å². The van der Waals surface area contributed by atoms with Crippen LogP contribution in [-0.4, -0.2) is 28.0 Å². The molecule has 0 unspecified atom stereocenters. The summed E-state index contributed by atoms with van der Waals surface area (Å²) in [7, 11) is 0. The highest BCUT2D eigenvalue weighted by atomic mass is 32.2. The molecule has 0 aliphatic carbocycles. The van der Waals surface area contributed by atoms with Gasteiger partial charge in [-0.3, -0.25) is 10.1 Å². The summed E-state index contributed by atoms with van der Waals surface area (Å²) in [5, 5.41) is 13.4. The Morgan fingerprint density at radius 1 is 1.31 bits per heavy atom. The molecule has 2 aromatic carbocycles. The van der Waals surface area contributed by atoms with Gasteiger partial charge in [-0.2, -0.15) is 0 Å². The van der Waals surface area contributed by atoms with Crippen LogP contribution >= 0.6 is 23.1 Å². The van der Waals surface area contributed by atoms with Crippen molar-refractivity contribution in [2.24, 2.45) is 0 Å². The Morgan fingerprint density at radius 3 is 2.92 bits per heavy atom. The number of benzene rings is 2. The summed E-state index contributed by atoms with van der Waals surface area (Å²) < 4.78 is 6.80. The number of ether oxygens (including phenoxy) is 1. The summed E-state index contributed by atoms with van der Waals surface area (Å²) in [6.45, 7) is 5.59. The van der Waals surface area contributed by atoms with E-state index in [0.29, 0.717) is 17.3 Å². The van der Waals surface area contributed by atoms with E-state index < -0.39 is 6.10 Å². The minimum Gasteiger partial charge on any atom is -0.480 e. The molecule has 1 atom stereocenters. The number of nitrogens with one attached hydrogen (secondary N) is 1. The number of amides is 1. The van der Waals surface area contributed by atoms with Crippen LogP contribution in [0.4, 0.5) is 5.13 Å². The van der Waals surface area contributed by atoms with E-state index in [1.54, 1.807) is 6.08 Å². The van der Waals surface area contributed by atoms with E-state index in [1.165, 1.54) is 23.1 Å². The molecule has 5 nitrogen and oxygen atoms in total. The Hall–Kier alpha value is -2.38. The SMILES string of the molecule is C=CCSc1nnc(NC(=O)[C@@H](CC)Oc2cccc3ccccc23)s1. The van der Waals surface area contributed by atoms with Crippen molar-refractivity contribution in [3.63, 3.8) is 0 Å². The number of aromatic nitrogens is 2. The van der Waals surface area contributed by atoms with Crippen molar-refractivity contribution in [3.05, 3.63) is 55.1 Å². The molecule has 7 heteroatoms. The largest absolute Gasteiger partial charge is 0.480 e. The van der Waals surface area contributed by atoms with E-state index in [0.717, 1.165) is 20.9 Å².